The second-order valence-electron chi connectivity index (χ2n) is 6.01. The van der Waals surface area contributed by atoms with E-state index in [1.807, 2.05) is 0 Å². The highest BCUT2D eigenvalue weighted by Gasteiger charge is 2.34. The van der Waals surface area contributed by atoms with Gasteiger partial charge in [-0.1, -0.05) is 11.6 Å². The highest BCUT2D eigenvalue weighted by atomic mass is 35.5. The number of aromatic nitrogens is 2. The number of rotatable bonds is 6. The molecule has 144 valence electrons. The first kappa shape index (κ1) is 20.7. The molecule has 2 rings (SSSR count). The molecule has 0 saturated carbocycles. The van der Waals surface area contributed by atoms with Crippen LogP contribution in [0, 0.1) is 20.8 Å². The third-order valence-electron chi connectivity index (χ3n) is 3.86. The zero-order valence-corrected chi connectivity index (χ0v) is 16.1. The third kappa shape index (κ3) is 4.77. The molecule has 0 unspecified atom stereocenters. The maximum atomic E-state index is 12.6. The van der Waals surface area contributed by atoms with Gasteiger partial charge in [0.2, 0.25) is 10.0 Å². The van der Waals surface area contributed by atoms with Crippen molar-refractivity contribution < 1.29 is 21.6 Å². The van der Waals surface area contributed by atoms with E-state index in [0.29, 0.717) is 28.3 Å². The van der Waals surface area contributed by atoms with Crippen molar-refractivity contribution in [2.24, 2.45) is 0 Å². The van der Waals surface area contributed by atoms with Crippen molar-refractivity contribution in [1.29, 1.82) is 0 Å². The summed E-state index contributed by atoms with van der Waals surface area (Å²) in [6.07, 6.45) is -4.20. The Hall–Kier alpha value is -1.58. The van der Waals surface area contributed by atoms with Crippen LogP contribution in [-0.4, -0.2) is 24.7 Å². The van der Waals surface area contributed by atoms with Crippen molar-refractivity contribution >= 4 is 21.6 Å². The Morgan fingerprint density at radius 1 is 1.15 bits per heavy atom. The average Bonchev–Trinajstić information content (AvgIpc) is 2.88. The maximum Gasteiger partial charge on any atom is 0.435 e. The summed E-state index contributed by atoms with van der Waals surface area (Å²) in [5, 5.41) is 3.99. The molecule has 0 fully saturated rings. The first-order chi connectivity index (χ1) is 11.9. The predicted molar refractivity (Wildman–Crippen MR) is 92.7 cm³/mol. The standard InChI is InChI=1S/C16H19ClF3N3O2S/c1-10-8-14(11(2)7-13(10)17)26(24,25)21-5-4-6-23-12(3)9-15(22-23)16(18,19)20/h7-9,21H,4-6H2,1-3H3. The molecule has 0 amide bonds. The van der Waals surface area contributed by atoms with E-state index < -0.39 is 21.9 Å². The van der Waals surface area contributed by atoms with Crippen molar-refractivity contribution in [3.8, 4) is 0 Å². The Bertz CT molecular complexity index is 908. The Morgan fingerprint density at radius 2 is 1.81 bits per heavy atom. The first-order valence-electron chi connectivity index (χ1n) is 7.80. The normalized spacial score (nSPS) is 12.6. The highest BCUT2D eigenvalue weighted by Crippen LogP contribution is 2.28. The van der Waals surface area contributed by atoms with E-state index in [1.165, 1.54) is 17.7 Å². The number of hydrogen-bond donors (Lipinski definition) is 1. The van der Waals surface area contributed by atoms with Gasteiger partial charge in [0.1, 0.15) is 0 Å². The van der Waals surface area contributed by atoms with E-state index in [9.17, 15) is 21.6 Å². The van der Waals surface area contributed by atoms with Crippen molar-refractivity contribution in [1.82, 2.24) is 14.5 Å². The van der Waals surface area contributed by atoms with E-state index in [2.05, 4.69) is 9.82 Å². The van der Waals surface area contributed by atoms with Crippen LogP contribution < -0.4 is 4.72 Å². The summed E-state index contributed by atoms with van der Waals surface area (Å²) in [6.45, 7) is 5.12. The minimum absolute atomic E-state index is 0.0735. The fraction of sp³-hybridized carbons (Fsp3) is 0.438. The molecule has 26 heavy (non-hydrogen) atoms. The summed E-state index contributed by atoms with van der Waals surface area (Å²) < 4.78 is 66.4. The molecule has 0 aliphatic rings. The van der Waals surface area contributed by atoms with E-state index in [-0.39, 0.29) is 18.0 Å². The number of sulfonamides is 1. The van der Waals surface area contributed by atoms with Crippen LogP contribution in [0.4, 0.5) is 13.2 Å². The van der Waals surface area contributed by atoms with Gasteiger partial charge in [-0.15, -0.1) is 0 Å². The largest absolute Gasteiger partial charge is 0.435 e. The summed E-state index contributed by atoms with van der Waals surface area (Å²) in [6, 6.07) is 4.04. The summed E-state index contributed by atoms with van der Waals surface area (Å²) >= 11 is 5.97. The van der Waals surface area contributed by atoms with Crippen LogP contribution in [0.3, 0.4) is 0 Å². The number of alkyl halides is 3. The lowest BCUT2D eigenvalue weighted by molar-refractivity contribution is -0.141. The first-order valence-corrected chi connectivity index (χ1v) is 9.66. The fourth-order valence-corrected chi connectivity index (χ4v) is 4.03. The van der Waals surface area contributed by atoms with Gasteiger partial charge in [-0.3, -0.25) is 4.68 Å². The monoisotopic (exact) mass is 409 g/mol. The molecule has 2 aromatic rings. The van der Waals surface area contributed by atoms with Crippen molar-refractivity contribution in [3.63, 3.8) is 0 Å². The topological polar surface area (TPSA) is 64.0 Å². The van der Waals surface area contributed by atoms with Crippen LogP contribution in [0.1, 0.15) is 28.9 Å². The summed E-state index contributed by atoms with van der Waals surface area (Å²) in [5.74, 6) is 0. The van der Waals surface area contributed by atoms with Gasteiger partial charge in [-0.05, 0) is 56.5 Å². The predicted octanol–water partition coefficient (Wildman–Crippen LogP) is 3.85. The lowest BCUT2D eigenvalue weighted by Gasteiger charge is -2.11. The van der Waals surface area contributed by atoms with Crippen LogP contribution in [0.5, 0.6) is 0 Å². The van der Waals surface area contributed by atoms with E-state index >= 15 is 0 Å². The van der Waals surface area contributed by atoms with Gasteiger partial charge in [0.15, 0.2) is 5.69 Å². The molecule has 1 N–H and O–H groups in total. The van der Waals surface area contributed by atoms with E-state index in [4.69, 9.17) is 11.6 Å². The minimum Gasteiger partial charge on any atom is -0.269 e. The maximum absolute atomic E-state index is 12.6. The molecular weight excluding hydrogens is 391 g/mol. The molecule has 1 aromatic carbocycles. The van der Waals surface area contributed by atoms with Gasteiger partial charge >= 0.3 is 6.18 Å². The Morgan fingerprint density at radius 3 is 2.38 bits per heavy atom. The van der Waals surface area contributed by atoms with Crippen molar-refractivity contribution in [2.75, 3.05) is 6.54 Å². The molecule has 0 bridgehead atoms. The second-order valence-corrected chi connectivity index (χ2v) is 8.15. The summed E-state index contributed by atoms with van der Waals surface area (Å²) in [7, 11) is -3.73. The molecule has 1 heterocycles. The van der Waals surface area contributed by atoms with E-state index in [0.717, 1.165) is 6.07 Å². The third-order valence-corrected chi connectivity index (χ3v) is 5.87. The average molecular weight is 410 g/mol. The molecule has 5 nitrogen and oxygen atoms in total. The molecule has 0 saturated heterocycles. The lowest BCUT2D eigenvalue weighted by atomic mass is 10.2. The zero-order valence-electron chi connectivity index (χ0n) is 14.5. The number of halogens is 4. The number of aryl methyl sites for hydroxylation is 4. The van der Waals surface area contributed by atoms with Crippen molar-refractivity contribution in [2.45, 2.75) is 44.8 Å². The smallest absolute Gasteiger partial charge is 0.269 e. The number of benzene rings is 1. The minimum atomic E-state index is -4.50. The summed E-state index contributed by atoms with van der Waals surface area (Å²) in [4.78, 5) is 0.133. The zero-order chi connectivity index (χ0) is 19.7. The molecule has 0 radical (unpaired) electrons. The fourth-order valence-electron chi connectivity index (χ4n) is 2.43. The molecule has 0 atom stereocenters. The van der Waals surface area contributed by atoms with Gasteiger partial charge in [0.05, 0.1) is 4.90 Å². The molecule has 0 spiro atoms. The Kier molecular flexibility index (Phi) is 6.04. The van der Waals surface area contributed by atoms with Crippen LogP contribution in [0.2, 0.25) is 5.02 Å². The highest BCUT2D eigenvalue weighted by molar-refractivity contribution is 7.89. The number of nitrogens with zero attached hydrogens (tertiary/aromatic N) is 2. The second kappa shape index (κ2) is 7.58. The van der Waals surface area contributed by atoms with Crippen LogP contribution in [0.25, 0.3) is 0 Å². The SMILES string of the molecule is Cc1cc(S(=O)(=O)NCCCn2nc(C(F)(F)F)cc2C)c(C)cc1Cl. The lowest BCUT2D eigenvalue weighted by Crippen LogP contribution is -2.26. The molecule has 10 heteroatoms. The molecule has 0 aliphatic carbocycles. The number of nitrogens with one attached hydrogen (secondary N) is 1. The van der Waals surface area contributed by atoms with Crippen LogP contribution in [0.15, 0.2) is 23.1 Å². The molecule has 1 aromatic heterocycles. The summed E-state index contributed by atoms with van der Waals surface area (Å²) in [5.41, 5.74) is 0.572. The van der Waals surface area contributed by atoms with Crippen LogP contribution >= 0.6 is 11.6 Å². The van der Waals surface area contributed by atoms with Crippen molar-refractivity contribution in [3.05, 3.63) is 45.7 Å². The van der Waals surface area contributed by atoms with Gasteiger partial charge < -0.3 is 0 Å². The van der Waals surface area contributed by atoms with Gasteiger partial charge in [0, 0.05) is 23.8 Å². The molecular formula is C16H19ClF3N3O2S. The van der Waals surface area contributed by atoms with E-state index in [1.54, 1.807) is 19.9 Å². The van der Waals surface area contributed by atoms with Gasteiger partial charge in [0.25, 0.3) is 0 Å². The Labute approximate surface area is 155 Å². The van der Waals surface area contributed by atoms with Gasteiger partial charge in [-0.25, -0.2) is 13.1 Å². The molecule has 0 aliphatic heterocycles. The van der Waals surface area contributed by atoms with Gasteiger partial charge in [-0.2, -0.15) is 18.3 Å². The van der Waals surface area contributed by atoms with Crippen LogP contribution in [-0.2, 0) is 22.7 Å². The quantitative estimate of drug-likeness (QED) is 0.737. The number of hydrogen-bond acceptors (Lipinski definition) is 3. The Balaban J connectivity index is 2.00.